The van der Waals surface area contributed by atoms with Gasteiger partial charge < -0.3 is 20.0 Å². The quantitative estimate of drug-likeness (QED) is 0.601. The lowest BCUT2D eigenvalue weighted by molar-refractivity contribution is -0.123. The van der Waals surface area contributed by atoms with Crippen molar-refractivity contribution >= 4 is 39.9 Å². The van der Waals surface area contributed by atoms with Crippen LogP contribution in [0.25, 0.3) is 11.0 Å². The van der Waals surface area contributed by atoms with Gasteiger partial charge in [0.15, 0.2) is 6.10 Å². The highest BCUT2D eigenvalue weighted by Gasteiger charge is 2.24. The number of anilines is 1. The van der Waals surface area contributed by atoms with Crippen molar-refractivity contribution in [3.05, 3.63) is 50.1 Å². The number of fused-ring (bicyclic) bond motifs is 2. The maximum Gasteiger partial charge on any atom is 0.340 e. The fourth-order valence-corrected chi connectivity index (χ4v) is 4.41. The highest BCUT2D eigenvalue weighted by molar-refractivity contribution is 7.10. The van der Waals surface area contributed by atoms with Gasteiger partial charge in [0, 0.05) is 15.9 Å². The van der Waals surface area contributed by atoms with Gasteiger partial charge in [-0.3, -0.25) is 4.79 Å². The molecule has 3 N–H and O–H groups in total. The molecule has 0 unspecified atom stereocenters. The smallest absolute Gasteiger partial charge is 0.340 e. The van der Waals surface area contributed by atoms with E-state index in [1.54, 1.807) is 36.5 Å². The van der Waals surface area contributed by atoms with Crippen molar-refractivity contribution in [3.63, 3.8) is 0 Å². The lowest BCUT2D eigenvalue weighted by atomic mass is 9.96. The largest absolute Gasteiger partial charge is 0.449 e. The molecule has 7 nitrogen and oxygen atoms in total. The number of aromatic nitrogens is 2. The molecular weight excluding hydrogens is 366 g/mol. The molecule has 1 amide bonds. The third-order valence-electron chi connectivity index (χ3n) is 4.72. The SMILES string of the molecule is C[C@H](OC(=O)c1csc2c1CCCC2)C(=O)Nc1ccc2[nH]c(=O)[nH]c2c1. The number of rotatable bonds is 4. The number of imidazole rings is 1. The van der Waals surface area contributed by atoms with Gasteiger partial charge in [0.1, 0.15) is 0 Å². The normalized spacial score (nSPS) is 14.6. The number of aryl methyl sites for hydroxylation is 1. The first-order chi connectivity index (χ1) is 13.0. The third kappa shape index (κ3) is 3.52. The van der Waals surface area contributed by atoms with E-state index in [1.807, 2.05) is 5.38 Å². The van der Waals surface area contributed by atoms with Gasteiger partial charge in [-0.25, -0.2) is 9.59 Å². The van der Waals surface area contributed by atoms with Crippen molar-refractivity contribution in [2.24, 2.45) is 0 Å². The van der Waals surface area contributed by atoms with Crippen molar-refractivity contribution < 1.29 is 14.3 Å². The van der Waals surface area contributed by atoms with Gasteiger partial charge in [0.05, 0.1) is 16.6 Å². The first-order valence-corrected chi connectivity index (χ1v) is 9.72. The van der Waals surface area contributed by atoms with E-state index in [1.165, 1.54) is 4.88 Å². The fraction of sp³-hybridized carbons (Fsp3) is 0.316. The summed E-state index contributed by atoms with van der Waals surface area (Å²) in [7, 11) is 0. The summed E-state index contributed by atoms with van der Waals surface area (Å²) < 4.78 is 5.38. The Hall–Kier alpha value is -2.87. The van der Waals surface area contributed by atoms with Gasteiger partial charge in [-0.05, 0) is 56.4 Å². The minimum Gasteiger partial charge on any atom is -0.449 e. The Bertz CT molecular complexity index is 1080. The van der Waals surface area contributed by atoms with E-state index in [-0.39, 0.29) is 5.69 Å². The minimum absolute atomic E-state index is 0.310. The average Bonchev–Trinajstić information content (AvgIpc) is 3.23. The summed E-state index contributed by atoms with van der Waals surface area (Å²) in [5, 5.41) is 4.54. The number of H-pyrrole nitrogens is 2. The van der Waals surface area contributed by atoms with Crippen LogP contribution in [-0.4, -0.2) is 27.9 Å². The fourth-order valence-electron chi connectivity index (χ4n) is 3.30. The van der Waals surface area contributed by atoms with Crippen LogP contribution in [0.4, 0.5) is 5.69 Å². The summed E-state index contributed by atoms with van der Waals surface area (Å²) in [5.74, 6) is -0.882. The van der Waals surface area contributed by atoms with E-state index in [4.69, 9.17) is 4.74 Å². The van der Waals surface area contributed by atoms with Crippen LogP contribution in [0.1, 0.15) is 40.6 Å². The molecule has 1 aliphatic carbocycles. The summed E-state index contributed by atoms with van der Waals surface area (Å²) >= 11 is 1.59. The highest BCUT2D eigenvalue weighted by atomic mass is 32.1. The molecule has 2 aromatic heterocycles. The molecular formula is C19H19N3O4S. The molecule has 0 spiro atoms. The van der Waals surface area contributed by atoms with Crippen molar-refractivity contribution in [2.75, 3.05) is 5.32 Å². The molecule has 2 heterocycles. The molecule has 0 aliphatic heterocycles. The lowest BCUT2D eigenvalue weighted by Crippen LogP contribution is -2.30. The second-order valence-electron chi connectivity index (χ2n) is 6.63. The van der Waals surface area contributed by atoms with Gasteiger partial charge in [-0.1, -0.05) is 0 Å². The molecule has 0 fully saturated rings. The van der Waals surface area contributed by atoms with Crippen LogP contribution in [-0.2, 0) is 22.4 Å². The van der Waals surface area contributed by atoms with Crippen molar-refractivity contribution in [3.8, 4) is 0 Å². The number of amides is 1. The number of nitrogens with one attached hydrogen (secondary N) is 3. The zero-order chi connectivity index (χ0) is 19.0. The maximum absolute atomic E-state index is 12.5. The van der Waals surface area contributed by atoms with Gasteiger partial charge in [0.2, 0.25) is 0 Å². The number of ether oxygens (including phenoxy) is 1. The maximum atomic E-state index is 12.5. The molecule has 0 saturated carbocycles. The van der Waals surface area contributed by atoms with Crippen LogP contribution in [0.3, 0.4) is 0 Å². The van der Waals surface area contributed by atoms with E-state index in [9.17, 15) is 14.4 Å². The predicted molar refractivity (Wildman–Crippen MR) is 103 cm³/mol. The van der Waals surface area contributed by atoms with Crippen LogP contribution >= 0.6 is 11.3 Å². The summed E-state index contributed by atoms with van der Waals surface area (Å²) in [5.41, 5.74) is 3.10. The van der Waals surface area contributed by atoms with Crippen molar-refractivity contribution in [1.82, 2.24) is 9.97 Å². The van der Waals surface area contributed by atoms with Gasteiger partial charge >= 0.3 is 11.7 Å². The van der Waals surface area contributed by atoms with Crippen LogP contribution in [0.2, 0.25) is 0 Å². The van der Waals surface area contributed by atoms with Crippen molar-refractivity contribution in [2.45, 2.75) is 38.7 Å². The first kappa shape index (κ1) is 17.5. The van der Waals surface area contributed by atoms with E-state index in [2.05, 4.69) is 15.3 Å². The Balaban J connectivity index is 1.43. The number of esters is 1. The Morgan fingerprint density at radius 1 is 1.19 bits per heavy atom. The standard InChI is InChI=1S/C19H19N3O4S/c1-10(26-18(24)13-9-27-16-5-3-2-4-12(13)16)17(23)20-11-6-7-14-15(8-11)22-19(25)21-14/h6-10H,2-5H2,1H3,(H,20,23)(H2,21,22,25)/t10-/m0/s1. The summed E-state index contributed by atoms with van der Waals surface area (Å²) in [6.07, 6.45) is 3.19. The molecule has 0 bridgehead atoms. The van der Waals surface area contributed by atoms with Crippen LogP contribution in [0.5, 0.6) is 0 Å². The third-order valence-corrected chi connectivity index (χ3v) is 5.81. The average molecular weight is 385 g/mol. The lowest BCUT2D eigenvalue weighted by Gasteiger charge is -2.15. The number of thiophene rings is 1. The van der Waals surface area contributed by atoms with Gasteiger partial charge in [-0.15, -0.1) is 11.3 Å². The van der Waals surface area contributed by atoms with Crippen LogP contribution in [0, 0.1) is 0 Å². The van der Waals surface area contributed by atoms with Gasteiger partial charge in [0.25, 0.3) is 5.91 Å². The van der Waals surface area contributed by atoms with E-state index >= 15 is 0 Å². The summed E-state index contributed by atoms with van der Waals surface area (Å²) in [6, 6.07) is 5.01. The molecule has 8 heteroatoms. The Morgan fingerprint density at radius 3 is 2.81 bits per heavy atom. The Kier molecular flexibility index (Phi) is 4.57. The first-order valence-electron chi connectivity index (χ1n) is 8.84. The van der Waals surface area contributed by atoms with Crippen LogP contribution in [0.15, 0.2) is 28.4 Å². The van der Waals surface area contributed by atoms with Crippen molar-refractivity contribution in [1.29, 1.82) is 0 Å². The molecule has 27 heavy (non-hydrogen) atoms. The number of hydrogen-bond donors (Lipinski definition) is 3. The predicted octanol–water partition coefficient (Wildman–Crippen LogP) is 2.98. The second kappa shape index (κ2) is 7.03. The molecule has 1 aliphatic rings. The molecule has 3 aromatic rings. The number of hydrogen-bond acceptors (Lipinski definition) is 5. The number of carbonyl (C=O) groups is 2. The zero-order valence-corrected chi connectivity index (χ0v) is 15.6. The Labute approximate surface area is 158 Å². The summed E-state index contributed by atoms with van der Waals surface area (Å²) in [4.78, 5) is 42.7. The minimum atomic E-state index is -0.933. The van der Waals surface area contributed by atoms with E-state index < -0.39 is 18.0 Å². The molecule has 0 radical (unpaired) electrons. The van der Waals surface area contributed by atoms with Gasteiger partial charge in [-0.2, -0.15) is 0 Å². The molecule has 4 rings (SSSR count). The van der Waals surface area contributed by atoms with E-state index in [0.29, 0.717) is 22.3 Å². The number of benzene rings is 1. The highest BCUT2D eigenvalue weighted by Crippen LogP contribution is 2.30. The molecule has 1 aromatic carbocycles. The number of aromatic amines is 2. The van der Waals surface area contributed by atoms with Crippen LogP contribution < -0.4 is 11.0 Å². The zero-order valence-electron chi connectivity index (χ0n) is 14.8. The number of carbonyl (C=O) groups excluding carboxylic acids is 2. The Morgan fingerprint density at radius 2 is 1.96 bits per heavy atom. The van der Waals surface area contributed by atoms with E-state index in [0.717, 1.165) is 31.2 Å². The molecule has 1 atom stereocenters. The molecule has 0 saturated heterocycles. The molecule has 140 valence electrons. The summed E-state index contributed by atoms with van der Waals surface area (Å²) in [6.45, 7) is 1.54. The second-order valence-corrected chi connectivity index (χ2v) is 7.60. The monoisotopic (exact) mass is 385 g/mol. The topological polar surface area (TPSA) is 104 Å².